The number of rotatable bonds is 5. The van der Waals surface area contributed by atoms with Crippen LogP contribution in [0.2, 0.25) is 0 Å². The molecule has 4 heterocycles. The second-order valence-electron chi connectivity index (χ2n) is 11.6. The van der Waals surface area contributed by atoms with Crippen LogP contribution in [0.1, 0.15) is 63.9 Å². The number of alkyl halides is 2. The highest BCUT2D eigenvalue weighted by molar-refractivity contribution is 9.10. The first kappa shape index (κ1) is 25.8. The molecule has 6 rings (SSSR count). The van der Waals surface area contributed by atoms with Crippen molar-refractivity contribution in [2.45, 2.75) is 83.8 Å². The van der Waals surface area contributed by atoms with Crippen molar-refractivity contribution in [3.05, 3.63) is 46.5 Å². The predicted octanol–water partition coefficient (Wildman–Crippen LogP) is 6.18. The molecule has 38 heavy (non-hydrogen) atoms. The maximum atomic E-state index is 14.0. The highest BCUT2D eigenvalue weighted by Crippen LogP contribution is 2.54. The van der Waals surface area contributed by atoms with E-state index in [2.05, 4.69) is 53.2 Å². The second kappa shape index (κ2) is 9.62. The van der Waals surface area contributed by atoms with Crippen molar-refractivity contribution in [2.24, 2.45) is 5.41 Å². The number of nitrogens with zero attached hydrogens (tertiary/aromatic N) is 7. The summed E-state index contributed by atoms with van der Waals surface area (Å²) in [4.78, 5) is 13.9. The van der Waals surface area contributed by atoms with E-state index in [1.54, 1.807) is 0 Å². The van der Waals surface area contributed by atoms with Crippen molar-refractivity contribution in [3.8, 4) is 17.1 Å². The first-order chi connectivity index (χ1) is 18.1. The van der Waals surface area contributed by atoms with Gasteiger partial charge in [-0.25, -0.2) is 23.4 Å². The molecule has 0 unspecified atom stereocenters. The Kier molecular flexibility index (Phi) is 6.53. The third-order valence-corrected chi connectivity index (χ3v) is 9.10. The highest BCUT2D eigenvalue weighted by Gasteiger charge is 2.45. The zero-order valence-electron chi connectivity index (χ0n) is 22.2. The molecule has 3 aromatic rings. The second-order valence-corrected chi connectivity index (χ2v) is 12.5. The van der Waals surface area contributed by atoms with Crippen LogP contribution >= 0.6 is 15.9 Å². The SMILES string of the molecule is Cc1cc(-c2cn(-c3ccc(Br)cc3N3CCC4(CC3)CC4)nn2)nc(CN2[C@H](C)CC(F)(F)C[C@@H]2C)n1. The van der Waals surface area contributed by atoms with Gasteiger partial charge >= 0.3 is 0 Å². The smallest absolute Gasteiger partial charge is 0.251 e. The van der Waals surface area contributed by atoms with Gasteiger partial charge in [-0.3, -0.25) is 4.90 Å². The average molecular weight is 587 g/mol. The number of hydrogen-bond donors (Lipinski definition) is 0. The lowest BCUT2D eigenvalue weighted by atomic mass is 9.93. The van der Waals surface area contributed by atoms with E-state index in [0.717, 1.165) is 34.6 Å². The minimum atomic E-state index is -2.62. The third kappa shape index (κ3) is 5.21. The fraction of sp³-hybridized carbons (Fsp3) is 0.571. The molecule has 2 atom stereocenters. The van der Waals surface area contributed by atoms with E-state index in [1.165, 1.54) is 25.7 Å². The van der Waals surface area contributed by atoms with Crippen molar-refractivity contribution < 1.29 is 8.78 Å². The summed E-state index contributed by atoms with van der Waals surface area (Å²) in [6.07, 6.45) is 6.88. The summed E-state index contributed by atoms with van der Waals surface area (Å²) in [5.41, 5.74) is 4.91. The lowest BCUT2D eigenvalue weighted by molar-refractivity contribution is -0.0983. The zero-order chi connectivity index (χ0) is 26.7. The van der Waals surface area contributed by atoms with Crippen molar-refractivity contribution in [2.75, 3.05) is 18.0 Å². The van der Waals surface area contributed by atoms with Crippen LogP contribution in [0.5, 0.6) is 0 Å². The maximum Gasteiger partial charge on any atom is 0.251 e. The van der Waals surface area contributed by atoms with Crippen LogP contribution in [0.25, 0.3) is 17.1 Å². The van der Waals surface area contributed by atoms with Crippen molar-refractivity contribution in [1.29, 1.82) is 0 Å². The highest BCUT2D eigenvalue weighted by atomic mass is 79.9. The van der Waals surface area contributed by atoms with E-state index in [1.807, 2.05) is 43.8 Å². The van der Waals surface area contributed by atoms with Gasteiger partial charge in [-0.1, -0.05) is 21.1 Å². The molecule has 2 aliphatic heterocycles. The van der Waals surface area contributed by atoms with E-state index in [9.17, 15) is 8.78 Å². The summed E-state index contributed by atoms with van der Waals surface area (Å²) >= 11 is 3.65. The number of hydrogen-bond acceptors (Lipinski definition) is 6. The first-order valence-electron chi connectivity index (χ1n) is 13.6. The minimum absolute atomic E-state index is 0.141. The third-order valence-electron chi connectivity index (χ3n) is 8.61. The van der Waals surface area contributed by atoms with Crippen LogP contribution < -0.4 is 4.90 Å². The van der Waals surface area contributed by atoms with E-state index < -0.39 is 5.92 Å². The lowest BCUT2D eigenvalue weighted by Crippen LogP contribution is -2.50. The fourth-order valence-corrected chi connectivity index (χ4v) is 6.61. The van der Waals surface area contributed by atoms with Gasteiger partial charge in [-0.2, -0.15) is 0 Å². The van der Waals surface area contributed by atoms with Gasteiger partial charge < -0.3 is 4.90 Å². The molecule has 0 radical (unpaired) electrons. The Labute approximate surface area is 230 Å². The van der Waals surface area contributed by atoms with Gasteiger partial charge in [0.15, 0.2) is 0 Å². The van der Waals surface area contributed by atoms with Crippen molar-refractivity contribution in [3.63, 3.8) is 0 Å². The Hall–Kier alpha value is -2.46. The lowest BCUT2D eigenvalue weighted by Gasteiger charge is -2.42. The van der Waals surface area contributed by atoms with E-state index in [4.69, 9.17) is 4.98 Å². The van der Waals surface area contributed by atoms with Crippen LogP contribution in [0.4, 0.5) is 14.5 Å². The molecule has 2 saturated heterocycles. The Balaban J connectivity index is 1.25. The molecule has 7 nitrogen and oxygen atoms in total. The summed E-state index contributed by atoms with van der Waals surface area (Å²) in [6, 6.07) is 7.68. The number of halogens is 3. The summed E-state index contributed by atoms with van der Waals surface area (Å²) in [6.45, 7) is 8.17. The quantitative estimate of drug-likeness (QED) is 0.356. The molecule has 0 amide bonds. The molecular weight excluding hydrogens is 552 g/mol. The molecule has 1 aliphatic carbocycles. The molecule has 3 aliphatic rings. The number of benzene rings is 1. The monoisotopic (exact) mass is 585 g/mol. The van der Waals surface area contributed by atoms with Crippen LogP contribution in [-0.2, 0) is 6.54 Å². The van der Waals surface area contributed by atoms with Crippen LogP contribution in [0.3, 0.4) is 0 Å². The van der Waals surface area contributed by atoms with E-state index >= 15 is 0 Å². The number of piperidine rings is 2. The molecular formula is C28H34BrF2N7. The molecule has 3 fully saturated rings. The first-order valence-corrected chi connectivity index (χ1v) is 14.3. The van der Waals surface area contributed by atoms with Gasteiger partial charge in [0.1, 0.15) is 11.5 Å². The minimum Gasteiger partial charge on any atom is -0.370 e. The van der Waals surface area contributed by atoms with Gasteiger partial charge in [-0.15, -0.1) is 5.10 Å². The molecule has 10 heteroatoms. The summed E-state index contributed by atoms with van der Waals surface area (Å²) in [5, 5.41) is 8.94. The normalized spacial score (nSPS) is 24.6. The Morgan fingerprint density at radius 3 is 2.34 bits per heavy atom. The fourth-order valence-electron chi connectivity index (χ4n) is 6.26. The van der Waals surface area contributed by atoms with Crippen LogP contribution in [-0.4, -0.2) is 61.0 Å². The van der Waals surface area contributed by atoms with Gasteiger partial charge in [-0.05, 0) is 76.1 Å². The standard InChI is InChI=1S/C28H34BrF2N7/c1-18-12-22(33-26(32-18)17-37-19(2)14-28(30,31)15-20(37)3)23-16-38(35-34-23)24-5-4-21(29)13-25(24)36-10-8-27(6-7-27)9-11-36/h4-5,12-13,16,19-20H,6-11,14-15,17H2,1-3H3/t19-,20+. The number of likely N-dealkylation sites (tertiary alicyclic amines) is 1. The Bertz CT molecular complexity index is 1310. The Morgan fingerprint density at radius 2 is 1.66 bits per heavy atom. The van der Waals surface area contributed by atoms with Gasteiger partial charge in [0.2, 0.25) is 0 Å². The van der Waals surface area contributed by atoms with E-state index in [0.29, 0.717) is 29.2 Å². The molecule has 1 spiro atoms. The zero-order valence-corrected chi connectivity index (χ0v) is 23.8. The number of aryl methyl sites for hydroxylation is 1. The average Bonchev–Trinajstić information content (AvgIpc) is 3.41. The van der Waals surface area contributed by atoms with Crippen molar-refractivity contribution in [1.82, 2.24) is 29.9 Å². The Morgan fingerprint density at radius 1 is 0.947 bits per heavy atom. The molecule has 0 bridgehead atoms. The summed E-state index contributed by atoms with van der Waals surface area (Å²) in [7, 11) is 0. The van der Waals surface area contributed by atoms with Gasteiger partial charge in [0, 0.05) is 48.2 Å². The number of aromatic nitrogens is 5. The number of anilines is 1. The van der Waals surface area contributed by atoms with Gasteiger partial charge in [0.05, 0.1) is 29.8 Å². The molecule has 0 N–H and O–H groups in total. The predicted molar refractivity (Wildman–Crippen MR) is 147 cm³/mol. The molecule has 1 saturated carbocycles. The maximum absolute atomic E-state index is 14.0. The molecule has 202 valence electrons. The van der Waals surface area contributed by atoms with Crippen molar-refractivity contribution >= 4 is 21.6 Å². The topological polar surface area (TPSA) is 63.0 Å². The molecule has 1 aromatic carbocycles. The summed E-state index contributed by atoms with van der Waals surface area (Å²) in [5.74, 6) is -2.00. The van der Waals surface area contributed by atoms with Crippen LogP contribution in [0.15, 0.2) is 34.9 Å². The van der Waals surface area contributed by atoms with E-state index in [-0.39, 0.29) is 24.9 Å². The van der Waals surface area contributed by atoms with Crippen LogP contribution in [0, 0.1) is 12.3 Å². The largest absolute Gasteiger partial charge is 0.370 e. The summed E-state index contributed by atoms with van der Waals surface area (Å²) < 4.78 is 30.9. The molecule has 2 aromatic heterocycles. The van der Waals surface area contributed by atoms with Gasteiger partial charge in [0.25, 0.3) is 5.92 Å².